The summed E-state index contributed by atoms with van der Waals surface area (Å²) in [6, 6.07) is 15.6. The van der Waals surface area contributed by atoms with E-state index in [4.69, 9.17) is 16.3 Å². The fourth-order valence-corrected chi connectivity index (χ4v) is 3.79. The second kappa shape index (κ2) is 9.15. The third kappa shape index (κ3) is 5.28. The van der Waals surface area contributed by atoms with Gasteiger partial charge in [-0.2, -0.15) is 0 Å². The molecule has 0 bridgehead atoms. The molecule has 0 aliphatic rings. The number of anilines is 2. The van der Waals surface area contributed by atoms with Crippen LogP contribution in [0.2, 0.25) is 5.02 Å². The standard InChI is InChI=1S/C21H18ClFN2O4S/c1-2-29-17-8-6-16(7-9-17)25-30(27,28)18-10-3-14(4-11-18)21(26)24-20-12-5-15(22)13-19(20)23/h3-13,25H,2H2,1H3,(H,24,26). The predicted molar refractivity (Wildman–Crippen MR) is 114 cm³/mol. The molecule has 6 nitrogen and oxygen atoms in total. The molecule has 3 aromatic carbocycles. The van der Waals surface area contributed by atoms with Crippen LogP contribution in [-0.2, 0) is 10.0 Å². The Labute approximate surface area is 178 Å². The highest BCUT2D eigenvalue weighted by Gasteiger charge is 2.16. The molecule has 3 rings (SSSR count). The number of carbonyl (C=O) groups excluding carboxylic acids is 1. The third-order valence-electron chi connectivity index (χ3n) is 4.02. The van der Waals surface area contributed by atoms with E-state index in [1.165, 1.54) is 36.4 Å². The van der Waals surface area contributed by atoms with Gasteiger partial charge in [-0.3, -0.25) is 9.52 Å². The Bertz CT molecular complexity index is 1150. The lowest BCUT2D eigenvalue weighted by Gasteiger charge is -2.10. The minimum absolute atomic E-state index is 0.0226. The van der Waals surface area contributed by atoms with Gasteiger partial charge in [0.25, 0.3) is 15.9 Å². The summed E-state index contributed by atoms with van der Waals surface area (Å²) in [4.78, 5) is 12.3. The Hall–Kier alpha value is -3.10. The number of halogens is 2. The van der Waals surface area contributed by atoms with Gasteiger partial charge in [0.2, 0.25) is 0 Å². The lowest BCUT2D eigenvalue weighted by molar-refractivity contribution is 0.102. The molecule has 0 aliphatic carbocycles. The molecule has 0 heterocycles. The molecule has 156 valence electrons. The van der Waals surface area contributed by atoms with Gasteiger partial charge in [0, 0.05) is 16.3 Å². The van der Waals surface area contributed by atoms with E-state index >= 15 is 0 Å². The number of rotatable bonds is 7. The minimum Gasteiger partial charge on any atom is -0.494 e. The number of sulfonamides is 1. The van der Waals surface area contributed by atoms with Gasteiger partial charge in [0.15, 0.2) is 0 Å². The summed E-state index contributed by atoms with van der Waals surface area (Å²) in [5.74, 6) is -0.623. The summed E-state index contributed by atoms with van der Waals surface area (Å²) in [5.41, 5.74) is 0.515. The highest BCUT2D eigenvalue weighted by Crippen LogP contribution is 2.22. The van der Waals surface area contributed by atoms with Crippen molar-refractivity contribution in [3.8, 4) is 5.75 Å². The summed E-state index contributed by atoms with van der Waals surface area (Å²) in [5, 5.41) is 2.63. The summed E-state index contributed by atoms with van der Waals surface area (Å²) in [6.07, 6.45) is 0. The van der Waals surface area contributed by atoms with Crippen LogP contribution in [0.15, 0.2) is 71.6 Å². The van der Waals surface area contributed by atoms with Crippen molar-refractivity contribution in [2.45, 2.75) is 11.8 Å². The Morgan fingerprint density at radius 2 is 1.70 bits per heavy atom. The van der Waals surface area contributed by atoms with Crippen LogP contribution in [0.5, 0.6) is 5.75 Å². The first-order valence-electron chi connectivity index (χ1n) is 8.90. The van der Waals surface area contributed by atoms with E-state index in [9.17, 15) is 17.6 Å². The normalized spacial score (nSPS) is 11.0. The van der Waals surface area contributed by atoms with Crippen molar-refractivity contribution in [2.24, 2.45) is 0 Å². The maximum atomic E-state index is 13.8. The fraction of sp³-hybridized carbons (Fsp3) is 0.0952. The zero-order valence-electron chi connectivity index (χ0n) is 15.9. The van der Waals surface area contributed by atoms with Crippen LogP contribution in [0.3, 0.4) is 0 Å². The van der Waals surface area contributed by atoms with Crippen molar-refractivity contribution in [1.82, 2.24) is 0 Å². The molecule has 0 radical (unpaired) electrons. The number of hydrogen-bond donors (Lipinski definition) is 2. The first-order valence-corrected chi connectivity index (χ1v) is 10.8. The minimum atomic E-state index is -3.85. The van der Waals surface area contributed by atoms with Crippen LogP contribution < -0.4 is 14.8 Å². The quantitative estimate of drug-likeness (QED) is 0.536. The van der Waals surface area contributed by atoms with Crippen molar-refractivity contribution >= 4 is 38.9 Å². The van der Waals surface area contributed by atoms with Crippen LogP contribution in [0.4, 0.5) is 15.8 Å². The molecule has 0 aromatic heterocycles. The van der Waals surface area contributed by atoms with E-state index in [0.717, 1.165) is 6.07 Å². The molecule has 0 unspecified atom stereocenters. The van der Waals surface area contributed by atoms with E-state index in [2.05, 4.69) is 10.0 Å². The highest BCUT2D eigenvalue weighted by molar-refractivity contribution is 7.92. The monoisotopic (exact) mass is 448 g/mol. The van der Waals surface area contributed by atoms with Gasteiger partial charge in [0.05, 0.1) is 17.2 Å². The van der Waals surface area contributed by atoms with E-state index in [0.29, 0.717) is 18.0 Å². The van der Waals surface area contributed by atoms with E-state index in [-0.39, 0.29) is 21.2 Å². The molecule has 0 saturated carbocycles. The predicted octanol–water partition coefficient (Wildman–Crippen LogP) is 4.93. The maximum Gasteiger partial charge on any atom is 0.261 e. The van der Waals surface area contributed by atoms with Crippen molar-refractivity contribution in [1.29, 1.82) is 0 Å². The molecular formula is C21H18ClFN2O4S. The summed E-state index contributed by atoms with van der Waals surface area (Å²) in [7, 11) is -3.85. The number of carbonyl (C=O) groups is 1. The smallest absolute Gasteiger partial charge is 0.261 e. The van der Waals surface area contributed by atoms with Crippen LogP contribution in [0, 0.1) is 5.82 Å². The zero-order valence-corrected chi connectivity index (χ0v) is 17.4. The van der Waals surface area contributed by atoms with Gasteiger partial charge in [-0.05, 0) is 73.7 Å². The first kappa shape index (κ1) is 21.6. The van der Waals surface area contributed by atoms with Crippen molar-refractivity contribution in [3.63, 3.8) is 0 Å². The molecule has 0 aliphatic heterocycles. The van der Waals surface area contributed by atoms with Gasteiger partial charge in [0.1, 0.15) is 11.6 Å². The molecule has 0 saturated heterocycles. The van der Waals surface area contributed by atoms with E-state index < -0.39 is 21.7 Å². The fourth-order valence-electron chi connectivity index (χ4n) is 2.57. The largest absolute Gasteiger partial charge is 0.494 e. The summed E-state index contributed by atoms with van der Waals surface area (Å²) >= 11 is 5.69. The Morgan fingerprint density at radius 1 is 1.03 bits per heavy atom. The molecule has 2 N–H and O–H groups in total. The molecule has 9 heteroatoms. The van der Waals surface area contributed by atoms with Gasteiger partial charge in [-0.15, -0.1) is 0 Å². The average molecular weight is 449 g/mol. The van der Waals surface area contributed by atoms with Crippen molar-refractivity contribution in [2.75, 3.05) is 16.6 Å². The second-order valence-corrected chi connectivity index (χ2v) is 8.28. The lowest BCUT2D eigenvalue weighted by Crippen LogP contribution is -2.15. The number of amides is 1. The van der Waals surface area contributed by atoms with Gasteiger partial charge >= 0.3 is 0 Å². The number of ether oxygens (including phenoxy) is 1. The lowest BCUT2D eigenvalue weighted by atomic mass is 10.2. The number of benzene rings is 3. The SMILES string of the molecule is CCOc1ccc(NS(=O)(=O)c2ccc(C(=O)Nc3ccc(Cl)cc3F)cc2)cc1. The van der Waals surface area contributed by atoms with Gasteiger partial charge < -0.3 is 10.1 Å². The van der Waals surface area contributed by atoms with E-state index in [1.807, 2.05) is 6.92 Å². The Kier molecular flexibility index (Phi) is 6.59. The van der Waals surface area contributed by atoms with Gasteiger partial charge in [-0.25, -0.2) is 12.8 Å². The molecular weight excluding hydrogens is 431 g/mol. The topological polar surface area (TPSA) is 84.5 Å². The summed E-state index contributed by atoms with van der Waals surface area (Å²) in [6.45, 7) is 2.36. The molecule has 0 fully saturated rings. The van der Waals surface area contributed by atoms with Crippen LogP contribution in [-0.4, -0.2) is 20.9 Å². The van der Waals surface area contributed by atoms with Crippen molar-refractivity contribution < 1.29 is 22.3 Å². The molecule has 1 amide bonds. The average Bonchev–Trinajstić information content (AvgIpc) is 2.71. The molecule has 3 aromatic rings. The van der Waals surface area contributed by atoms with Gasteiger partial charge in [-0.1, -0.05) is 11.6 Å². The van der Waals surface area contributed by atoms with E-state index in [1.54, 1.807) is 24.3 Å². The molecule has 0 atom stereocenters. The number of hydrogen-bond acceptors (Lipinski definition) is 4. The van der Waals surface area contributed by atoms with Crippen LogP contribution in [0.1, 0.15) is 17.3 Å². The highest BCUT2D eigenvalue weighted by atomic mass is 35.5. The maximum absolute atomic E-state index is 13.8. The summed E-state index contributed by atoms with van der Waals surface area (Å²) < 4.78 is 46.7. The van der Waals surface area contributed by atoms with Crippen LogP contribution in [0.25, 0.3) is 0 Å². The van der Waals surface area contributed by atoms with Crippen LogP contribution >= 0.6 is 11.6 Å². The van der Waals surface area contributed by atoms with Crippen molar-refractivity contribution in [3.05, 3.63) is 83.1 Å². The Morgan fingerprint density at radius 3 is 2.30 bits per heavy atom. The second-order valence-electron chi connectivity index (χ2n) is 6.17. The number of nitrogens with one attached hydrogen (secondary N) is 2. The Balaban J connectivity index is 1.71. The molecule has 0 spiro atoms. The molecule has 30 heavy (non-hydrogen) atoms. The first-order chi connectivity index (χ1) is 14.3. The zero-order chi connectivity index (χ0) is 21.7. The third-order valence-corrected chi connectivity index (χ3v) is 5.66.